The maximum absolute atomic E-state index is 14.3. The summed E-state index contributed by atoms with van der Waals surface area (Å²) in [7, 11) is -3.92. The van der Waals surface area contributed by atoms with Gasteiger partial charge in [0.15, 0.2) is 0 Å². The maximum Gasteiger partial charge on any atom is 0.259 e. The van der Waals surface area contributed by atoms with E-state index in [1.165, 1.54) is 0 Å². The Bertz CT molecular complexity index is 1790. The van der Waals surface area contributed by atoms with Crippen LogP contribution >= 0.6 is 0 Å². The number of aryl methyl sites for hydroxylation is 1. The van der Waals surface area contributed by atoms with Gasteiger partial charge >= 0.3 is 0 Å². The van der Waals surface area contributed by atoms with Crippen molar-refractivity contribution in [2.24, 2.45) is 17.8 Å². The molecule has 1 aromatic heterocycles. The summed E-state index contributed by atoms with van der Waals surface area (Å²) in [5.41, 5.74) is -0.578. The van der Waals surface area contributed by atoms with Crippen LogP contribution in [0.1, 0.15) is 90.7 Å². The molecular formula is C37H48N4O7S. The zero-order valence-corrected chi connectivity index (χ0v) is 29.5. The van der Waals surface area contributed by atoms with Crippen molar-refractivity contribution in [3.8, 4) is 11.6 Å². The predicted molar refractivity (Wildman–Crippen MR) is 184 cm³/mol. The van der Waals surface area contributed by atoms with Gasteiger partial charge in [0.2, 0.25) is 27.7 Å². The highest BCUT2D eigenvalue weighted by atomic mass is 32.2. The fraction of sp³-hybridized carbons (Fsp3) is 0.622. The van der Waals surface area contributed by atoms with Gasteiger partial charge in [0.25, 0.3) is 5.91 Å². The van der Waals surface area contributed by atoms with Crippen LogP contribution in [-0.4, -0.2) is 71.6 Å². The van der Waals surface area contributed by atoms with Crippen LogP contribution in [0.3, 0.4) is 0 Å². The average Bonchev–Trinajstić information content (AvgIpc) is 3.96. The number of allylic oxidation sites excluding steroid dienone is 1. The Morgan fingerprint density at radius 3 is 2.71 bits per heavy atom. The third kappa shape index (κ3) is 6.53. The Morgan fingerprint density at radius 2 is 1.96 bits per heavy atom. The van der Waals surface area contributed by atoms with Crippen molar-refractivity contribution in [3.05, 3.63) is 42.1 Å². The molecule has 2 aliphatic carbocycles. The van der Waals surface area contributed by atoms with Crippen LogP contribution in [0.5, 0.6) is 11.6 Å². The minimum atomic E-state index is -3.92. The molecule has 7 rings (SSSR count). The molecule has 0 spiro atoms. The predicted octanol–water partition coefficient (Wildman–Crippen LogP) is 4.57. The molecule has 264 valence electrons. The van der Waals surface area contributed by atoms with E-state index in [9.17, 15) is 22.8 Å². The standard InChI is InChI=1S/C37H48N4O7S/c1-4-24-18-23(2)10-5-6-11-25-21-37(25,35(44)40-49(45,46)36(3)15-16-36)39-33(43)30-20-26(22-41(30)31(42)19-24)48-34-28-13-8-7-12-27(28)32-29(38-34)14-9-17-47-32/h6-8,11-13,23-26,30H,4-5,9-10,14-22H2,1-3H3,(H,39,43)(H,40,44)/b11-6-/t23-,24-,25-,26-,30+,37-/m1/s1. The monoisotopic (exact) mass is 692 g/mol. The number of ether oxygens (including phenoxy) is 2. The van der Waals surface area contributed by atoms with Crippen molar-refractivity contribution < 1.29 is 32.3 Å². The first-order valence-corrected chi connectivity index (χ1v) is 19.5. The second kappa shape index (κ2) is 12.9. The summed E-state index contributed by atoms with van der Waals surface area (Å²) in [6, 6.07) is 6.91. The summed E-state index contributed by atoms with van der Waals surface area (Å²) in [6.07, 6.45) is 10.3. The molecule has 4 heterocycles. The molecular weight excluding hydrogens is 644 g/mol. The number of aromatic nitrogens is 1. The number of sulfonamides is 1. The minimum absolute atomic E-state index is 0.120. The van der Waals surface area contributed by atoms with E-state index in [2.05, 4.69) is 23.9 Å². The van der Waals surface area contributed by atoms with Gasteiger partial charge in [-0.2, -0.15) is 0 Å². The van der Waals surface area contributed by atoms with Crippen LogP contribution < -0.4 is 19.5 Å². The molecule has 0 bridgehead atoms. The van der Waals surface area contributed by atoms with E-state index in [1.54, 1.807) is 11.8 Å². The summed E-state index contributed by atoms with van der Waals surface area (Å²) in [5.74, 6) is 0.113. The lowest BCUT2D eigenvalue weighted by atomic mass is 9.88. The average molecular weight is 693 g/mol. The Morgan fingerprint density at radius 1 is 1.18 bits per heavy atom. The van der Waals surface area contributed by atoms with Crippen LogP contribution in [0.15, 0.2) is 36.4 Å². The van der Waals surface area contributed by atoms with E-state index in [0.717, 1.165) is 60.7 Å². The second-order valence-electron chi connectivity index (χ2n) is 15.2. The summed E-state index contributed by atoms with van der Waals surface area (Å²) in [4.78, 5) is 48.5. The first kappa shape index (κ1) is 33.8. The van der Waals surface area contributed by atoms with Crippen LogP contribution in [0.25, 0.3) is 10.8 Å². The van der Waals surface area contributed by atoms with Gasteiger partial charge in [-0.15, -0.1) is 0 Å². The quantitative estimate of drug-likeness (QED) is 0.419. The number of fused-ring (bicyclic) bond motifs is 5. The Hall–Kier alpha value is -3.67. The first-order valence-electron chi connectivity index (χ1n) is 18.0. The Balaban J connectivity index is 1.19. The van der Waals surface area contributed by atoms with E-state index in [1.807, 2.05) is 36.4 Å². The van der Waals surface area contributed by atoms with Gasteiger partial charge in [-0.25, -0.2) is 13.4 Å². The molecule has 11 nitrogen and oxygen atoms in total. The van der Waals surface area contributed by atoms with Gasteiger partial charge in [-0.3, -0.25) is 19.1 Å². The lowest BCUT2D eigenvalue weighted by Crippen LogP contribution is -2.57. The lowest BCUT2D eigenvalue weighted by molar-refractivity contribution is -0.140. The van der Waals surface area contributed by atoms with E-state index in [4.69, 9.17) is 14.5 Å². The van der Waals surface area contributed by atoms with Crippen LogP contribution in [0.2, 0.25) is 0 Å². The van der Waals surface area contributed by atoms with Gasteiger partial charge in [0, 0.05) is 29.5 Å². The van der Waals surface area contributed by atoms with Gasteiger partial charge in [0.1, 0.15) is 23.4 Å². The number of amides is 3. The van der Waals surface area contributed by atoms with Crippen LogP contribution in [0.4, 0.5) is 0 Å². The number of hydrogen-bond acceptors (Lipinski definition) is 8. The van der Waals surface area contributed by atoms with Crippen LogP contribution in [-0.2, 0) is 30.8 Å². The third-order valence-electron chi connectivity index (χ3n) is 11.4. The number of carbonyl (C=O) groups excluding carboxylic acids is 3. The van der Waals surface area contributed by atoms with Gasteiger partial charge in [-0.1, -0.05) is 50.6 Å². The van der Waals surface area contributed by atoms with E-state index < -0.39 is 44.3 Å². The lowest BCUT2D eigenvalue weighted by Gasteiger charge is -2.28. The minimum Gasteiger partial charge on any atom is -0.491 e. The van der Waals surface area contributed by atoms with Crippen molar-refractivity contribution in [3.63, 3.8) is 0 Å². The smallest absolute Gasteiger partial charge is 0.259 e. The number of nitrogens with zero attached hydrogens (tertiary/aromatic N) is 2. The van der Waals surface area contributed by atoms with Crippen molar-refractivity contribution in [2.75, 3.05) is 13.2 Å². The number of nitrogens with one attached hydrogen (secondary N) is 2. The summed E-state index contributed by atoms with van der Waals surface area (Å²) in [5, 5.41) is 4.68. The number of hydrogen-bond donors (Lipinski definition) is 2. The van der Waals surface area contributed by atoms with E-state index in [0.29, 0.717) is 37.7 Å². The normalized spacial score (nSPS) is 31.9. The number of benzene rings is 1. The third-order valence-corrected chi connectivity index (χ3v) is 13.6. The van der Waals surface area contributed by atoms with Crippen molar-refractivity contribution in [2.45, 2.75) is 114 Å². The zero-order chi connectivity index (χ0) is 34.6. The van der Waals surface area contributed by atoms with E-state index in [-0.39, 0.29) is 37.1 Å². The molecule has 3 amide bonds. The van der Waals surface area contributed by atoms with Gasteiger partial charge < -0.3 is 19.7 Å². The number of rotatable bonds is 6. The summed E-state index contributed by atoms with van der Waals surface area (Å²) < 4.78 is 40.1. The molecule has 3 aliphatic heterocycles. The Labute approximate surface area is 288 Å². The van der Waals surface area contributed by atoms with Crippen molar-refractivity contribution in [1.29, 1.82) is 0 Å². The van der Waals surface area contributed by atoms with Crippen molar-refractivity contribution in [1.82, 2.24) is 19.9 Å². The summed E-state index contributed by atoms with van der Waals surface area (Å²) >= 11 is 0. The van der Waals surface area contributed by atoms with Crippen LogP contribution in [0, 0.1) is 17.8 Å². The molecule has 5 aliphatic rings. The topological polar surface area (TPSA) is 144 Å². The van der Waals surface area contributed by atoms with Crippen molar-refractivity contribution >= 4 is 38.5 Å². The SMILES string of the molecule is CC[C@H]1CC(=O)N2C[C@H](Oc3nc4c(c5ccccc35)OCCC4)C[C@H]2C(=O)N[C@]2(C(=O)NS(=O)(=O)C3(C)CC3)C[C@H]2/C=C\CC[C@@H](C)C1. The summed E-state index contributed by atoms with van der Waals surface area (Å²) in [6.45, 7) is 6.75. The molecule has 2 saturated carbocycles. The molecule has 1 saturated heterocycles. The molecule has 3 fully saturated rings. The van der Waals surface area contributed by atoms with Gasteiger partial charge in [0.05, 0.1) is 23.6 Å². The highest BCUT2D eigenvalue weighted by Gasteiger charge is 2.63. The second-order valence-corrected chi connectivity index (χ2v) is 17.4. The highest BCUT2D eigenvalue weighted by molar-refractivity contribution is 7.91. The zero-order valence-electron chi connectivity index (χ0n) is 28.7. The fourth-order valence-electron chi connectivity index (χ4n) is 7.81. The highest BCUT2D eigenvalue weighted by Crippen LogP contribution is 2.48. The first-order chi connectivity index (χ1) is 23.4. The number of carbonyl (C=O) groups is 3. The molecule has 2 N–H and O–H groups in total. The fourth-order valence-corrected chi connectivity index (χ4v) is 9.12. The largest absolute Gasteiger partial charge is 0.491 e. The molecule has 12 heteroatoms. The molecule has 49 heavy (non-hydrogen) atoms. The molecule has 0 radical (unpaired) electrons. The molecule has 0 unspecified atom stereocenters. The number of pyridine rings is 1. The maximum atomic E-state index is 14.3. The molecule has 2 aromatic rings. The van der Waals surface area contributed by atoms with E-state index >= 15 is 0 Å². The van der Waals surface area contributed by atoms with Gasteiger partial charge in [-0.05, 0) is 76.2 Å². The molecule has 1 aromatic carbocycles. The Kier molecular flexibility index (Phi) is 8.90. The molecule has 6 atom stereocenters.